The van der Waals surface area contributed by atoms with Crippen LogP contribution in [0.4, 0.5) is 0 Å². The molecule has 2 nitrogen and oxygen atoms in total. The minimum atomic E-state index is 0.852. The lowest BCUT2D eigenvalue weighted by atomic mass is 10.2. The van der Waals surface area contributed by atoms with E-state index < -0.39 is 0 Å². The van der Waals surface area contributed by atoms with Crippen molar-refractivity contribution < 1.29 is 0 Å². The van der Waals surface area contributed by atoms with Gasteiger partial charge in [0.15, 0.2) is 0 Å². The molecular formula is C13H16N2S. The Balaban J connectivity index is 1.70. The third-order valence-electron chi connectivity index (χ3n) is 2.45. The summed E-state index contributed by atoms with van der Waals surface area (Å²) in [6.07, 6.45) is 3.01. The lowest BCUT2D eigenvalue weighted by molar-refractivity contribution is 0.675. The van der Waals surface area contributed by atoms with E-state index in [0.29, 0.717) is 0 Å². The zero-order chi connectivity index (χ0) is 11.2. The molecule has 2 rings (SSSR count). The summed E-state index contributed by atoms with van der Waals surface area (Å²) in [5, 5.41) is 7.72. The molecule has 0 aliphatic heterocycles. The Kier molecular flexibility index (Phi) is 4.08. The van der Waals surface area contributed by atoms with E-state index in [0.717, 1.165) is 25.2 Å². The van der Waals surface area contributed by atoms with Gasteiger partial charge in [0.25, 0.3) is 0 Å². The SMILES string of the molecule is Cc1ccc(CNCCc2ccsc2)nc1. The maximum Gasteiger partial charge on any atom is 0.0541 e. The van der Waals surface area contributed by atoms with Gasteiger partial charge in [0, 0.05) is 12.7 Å². The van der Waals surface area contributed by atoms with Gasteiger partial charge >= 0.3 is 0 Å². The van der Waals surface area contributed by atoms with Crippen LogP contribution in [-0.4, -0.2) is 11.5 Å². The molecule has 2 heterocycles. The summed E-state index contributed by atoms with van der Waals surface area (Å²) < 4.78 is 0. The van der Waals surface area contributed by atoms with Gasteiger partial charge in [-0.1, -0.05) is 6.07 Å². The molecule has 3 heteroatoms. The van der Waals surface area contributed by atoms with E-state index in [9.17, 15) is 0 Å². The van der Waals surface area contributed by atoms with Crippen LogP contribution in [0.3, 0.4) is 0 Å². The van der Waals surface area contributed by atoms with Crippen LogP contribution in [0.1, 0.15) is 16.8 Å². The van der Waals surface area contributed by atoms with E-state index >= 15 is 0 Å². The molecule has 0 aromatic carbocycles. The first-order valence-corrected chi connectivity index (χ1v) is 6.42. The van der Waals surface area contributed by atoms with Crippen molar-refractivity contribution in [3.05, 3.63) is 52.0 Å². The molecular weight excluding hydrogens is 216 g/mol. The highest BCUT2D eigenvalue weighted by Gasteiger charge is 1.95. The Hall–Kier alpha value is -1.19. The predicted octanol–water partition coefficient (Wildman–Crippen LogP) is 2.78. The Morgan fingerprint density at radius 3 is 2.94 bits per heavy atom. The Bertz CT molecular complexity index is 406. The van der Waals surface area contributed by atoms with Crippen molar-refractivity contribution in [3.63, 3.8) is 0 Å². The average Bonchev–Trinajstić information content (AvgIpc) is 2.80. The third kappa shape index (κ3) is 3.43. The highest BCUT2D eigenvalue weighted by molar-refractivity contribution is 7.07. The van der Waals surface area contributed by atoms with E-state index in [-0.39, 0.29) is 0 Å². The Morgan fingerprint density at radius 1 is 1.31 bits per heavy atom. The molecule has 0 bridgehead atoms. The molecule has 0 unspecified atom stereocenters. The maximum absolute atomic E-state index is 4.35. The second-order valence-corrected chi connectivity index (χ2v) is 4.67. The molecule has 0 saturated carbocycles. The zero-order valence-corrected chi connectivity index (χ0v) is 10.3. The molecule has 2 aromatic heterocycles. The van der Waals surface area contributed by atoms with Crippen molar-refractivity contribution in [2.45, 2.75) is 19.9 Å². The summed E-state index contributed by atoms with van der Waals surface area (Å²) in [5.74, 6) is 0. The van der Waals surface area contributed by atoms with E-state index in [2.05, 4.69) is 46.2 Å². The number of hydrogen-bond donors (Lipinski definition) is 1. The minimum absolute atomic E-state index is 0.852. The summed E-state index contributed by atoms with van der Waals surface area (Å²) in [7, 11) is 0. The highest BCUT2D eigenvalue weighted by Crippen LogP contribution is 2.05. The number of nitrogens with zero attached hydrogens (tertiary/aromatic N) is 1. The van der Waals surface area contributed by atoms with Gasteiger partial charge in [0.05, 0.1) is 5.69 Å². The van der Waals surface area contributed by atoms with E-state index in [1.165, 1.54) is 11.1 Å². The van der Waals surface area contributed by atoms with Crippen LogP contribution in [0, 0.1) is 6.92 Å². The fourth-order valence-corrected chi connectivity index (χ4v) is 2.19. The van der Waals surface area contributed by atoms with Gasteiger partial charge < -0.3 is 5.32 Å². The van der Waals surface area contributed by atoms with Gasteiger partial charge in [-0.3, -0.25) is 4.98 Å². The average molecular weight is 232 g/mol. The topological polar surface area (TPSA) is 24.9 Å². The monoisotopic (exact) mass is 232 g/mol. The molecule has 0 spiro atoms. The van der Waals surface area contributed by atoms with Crippen LogP contribution < -0.4 is 5.32 Å². The summed E-state index contributed by atoms with van der Waals surface area (Å²) in [6, 6.07) is 6.35. The molecule has 84 valence electrons. The first-order chi connectivity index (χ1) is 7.84. The van der Waals surface area contributed by atoms with Crippen LogP contribution in [0.2, 0.25) is 0 Å². The van der Waals surface area contributed by atoms with Crippen molar-refractivity contribution in [3.8, 4) is 0 Å². The highest BCUT2D eigenvalue weighted by atomic mass is 32.1. The number of rotatable bonds is 5. The van der Waals surface area contributed by atoms with Crippen molar-refractivity contribution in [1.29, 1.82) is 0 Å². The predicted molar refractivity (Wildman–Crippen MR) is 68.7 cm³/mol. The summed E-state index contributed by atoms with van der Waals surface area (Å²) in [5.41, 5.74) is 3.73. The largest absolute Gasteiger partial charge is 0.311 e. The molecule has 0 aliphatic carbocycles. The Labute approximate surface area is 100 Å². The van der Waals surface area contributed by atoms with Crippen LogP contribution in [0.5, 0.6) is 0 Å². The Morgan fingerprint density at radius 2 is 2.25 bits per heavy atom. The second kappa shape index (κ2) is 5.77. The summed E-state index contributed by atoms with van der Waals surface area (Å²) >= 11 is 1.76. The molecule has 0 saturated heterocycles. The standard InChI is InChI=1S/C13H16N2S/c1-11-2-3-13(15-8-11)9-14-6-4-12-5-7-16-10-12/h2-3,5,7-8,10,14H,4,6,9H2,1H3. The van der Waals surface area contributed by atoms with Crippen LogP contribution in [0.15, 0.2) is 35.2 Å². The molecule has 2 aromatic rings. The first-order valence-electron chi connectivity index (χ1n) is 5.48. The summed E-state index contributed by atoms with van der Waals surface area (Å²) in [4.78, 5) is 4.35. The van der Waals surface area contributed by atoms with Gasteiger partial charge in [0.1, 0.15) is 0 Å². The number of aryl methyl sites for hydroxylation is 1. The van der Waals surface area contributed by atoms with E-state index in [4.69, 9.17) is 0 Å². The van der Waals surface area contributed by atoms with Crippen LogP contribution in [-0.2, 0) is 13.0 Å². The number of thiophene rings is 1. The van der Waals surface area contributed by atoms with Gasteiger partial charge in [-0.15, -0.1) is 0 Å². The van der Waals surface area contributed by atoms with Gasteiger partial charge in [0.2, 0.25) is 0 Å². The first kappa shape index (κ1) is 11.3. The van der Waals surface area contributed by atoms with Crippen molar-refractivity contribution in [2.75, 3.05) is 6.54 Å². The molecule has 0 aliphatic rings. The quantitative estimate of drug-likeness (QED) is 0.802. The molecule has 0 fully saturated rings. The van der Waals surface area contributed by atoms with Gasteiger partial charge in [-0.05, 0) is 53.9 Å². The maximum atomic E-state index is 4.35. The van der Waals surface area contributed by atoms with Crippen molar-refractivity contribution >= 4 is 11.3 Å². The number of hydrogen-bond acceptors (Lipinski definition) is 3. The second-order valence-electron chi connectivity index (χ2n) is 3.89. The fraction of sp³-hybridized carbons (Fsp3) is 0.308. The molecule has 16 heavy (non-hydrogen) atoms. The lowest BCUT2D eigenvalue weighted by Gasteiger charge is -2.03. The number of aromatic nitrogens is 1. The minimum Gasteiger partial charge on any atom is -0.311 e. The number of nitrogens with one attached hydrogen (secondary N) is 1. The van der Waals surface area contributed by atoms with Crippen molar-refractivity contribution in [2.24, 2.45) is 0 Å². The molecule has 0 atom stereocenters. The fourth-order valence-electron chi connectivity index (χ4n) is 1.49. The molecule has 0 radical (unpaired) electrons. The van der Waals surface area contributed by atoms with Gasteiger partial charge in [-0.2, -0.15) is 11.3 Å². The lowest BCUT2D eigenvalue weighted by Crippen LogP contribution is -2.17. The zero-order valence-electron chi connectivity index (χ0n) is 9.44. The smallest absolute Gasteiger partial charge is 0.0541 e. The third-order valence-corrected chi connectivity index (χ3v) is 3.18. The number of pyridine rings is 1. The van der Waals surface area contributed by atoms with Gasteiger partial charge in [-0.25, -0.2) is 0 Å². The van der Waals surface area contributed by atoms with Crippen LogP contribution >= 0.6 is 11.3 Å². The molecule has 0 amide bonds. The van der Waals surface area contributed by atoms with E-state index in [1.807, 2.05) is 6.20 Å². The van der Waals surface area contributed by atoms with Crippen LogP contribution in [0.25, 0.3) is 0 Å². The normalized spacial score (nSPS) is 10.6. The van der Waals surface area contributed by atoms with E-state index in [1.54, 1.807) is 11.3 Å². The van der Waals surface area contributed by atoms with Crippen molar-refractivity contribution in [1.82, 2.24) is 10.3 Å². The molecule has 1 N–H and O–H groups in total. The summed E-state index contributed by atoms with van der Waals surface area (Å²) in [6.45, 7) is 3.91.